The van der Waals surface area contributed by atoms with E-state index in [2.05, 4.69) is 115 Å². The van der Waals surface area contributed by atoms with Crippen LogP contribution in [-0.4, -0.2) is 4.98 Å². The molecule has 1 nitrogen and oxygen atoms in total. The first-order chi connectivity index (χ1) is 18.3. The van der Waals surface area contributed by atoms with Gasteiger partial charge in [0.1, 0.15) is 0 Å². The van der Waals surface area contributed by atoms with Gasteiger partial charge in [-0.15, -0.1) is 11.3 Å². The molecule has 0 fully saturated rings. The van der Waals surface area contributed by atoms with Crippen LogP contribution in [0.15, 0.2) is 128 Å². The maximum Gasteiger partial charge on any atom is 0.0786 e. The smallest absolute Gasteiger partial charge is 0.0786 e. The first kappa shape index (κ1) is 20.6. The largest absolute Gasteiger partial charge is 0.256 e. The lowest BCUT2D eigenvalue weighted by Gasteiger charge is -2.12. The van der Waals surface area contributed by atoms with Crippen molar-refractivity contribution in [3.8, 4) is 22.3 Å². The van der Waals surface area contributed by atoms with E-state index in [1.54, 1.807) is 0 Å². The Morgan fingerprint density at radius 1 is 0.432 bits per heavy atom. The molecule has 0 N–H and O–H groups in total. The zero-order valence-electron chi connectivity index (χ0n) is 20.0. The molecule has 0 unspecified atom stereocenters. The van der Waals surface area contributed by atoms with Crippen molar-refractivity contribution in [3.63, 3.8) is 0 Å². The minimum absolute atomic E-state index is 1.07. The van der Waals surface area contributed by atoms with Gasteiger partial charge in [-0.3, -0.25) is 4.98 Å². The third-order valence-corrected chi connectivity index (χ3v) is 8.72. The predicted octanol–water partition coefficient (Wildman–Crippen LogP) is 10.2. The maximum absolute atomic E-state index is 4.73. The number of hydrogen-bond acceptors (Lipinski definition) is 2. The average Bonchev–Trinajstić information content (AvgIpc) is 3.36. The quantitative estimate of drug-likeness (QED) is 0.221. The van der Waals surface area contributed by atoms with Crippen LogP contribution in [0.2, 0.25) is 0 Å². The molecule has 0 aliphatic heterocycles. The number of fused-ring (bicyclic) bond motifs is 9. The van der Waals surface area contributed by atoms with Crippen molar-refractivity contribution in [1.82, 2.24) is 4.98 Å². The van der Waals surface area contributed by atoms with Gasteiger partial charge in [0.2, 0.25) is 0 Å². The Morgan fingerprint density at radius 3 is 2.03 bits per heavy atom. The van der Waals surface area contributed by atoms with Crippen molar-refractivity contribution in [2.24, 2.45) is 0 Å². The molecule has 8 aromatic rings. The number of benzene rings is 6. The Morgan fingerprint density at radius 2 is 1.11 bits per heavy atom. The summed E-state index contributed by atoms with van der Waals surface area (Å²) in [5, 5.41) is 8.84. The molecule has 0 bridgehead atoms. The van der Waals surface area contributed by atoms with E-state index in [4.69, 9.17) is 4.98 Å². The zero-order valence-corrected chi connectivity index (χ0v) is 20.8. The van der Waals surface area contributed by atoms with Gasteiger partial charge in [0, 0.05) is 37.1 Å². The third-order valence-electron chi connectivity index (χ3n) is 7.50. The van der Waals surface area contributed by atoms with E-state index in [1.807, 2.05) is 23.6 Å². The van der Waals surface area contributed by atoms with Crippen molar-refractivity contribution in [2.45, 2.75) is 0 Å². The molecule has 0 amide bonds. The van der Waals surface area contributed by atoms with E-state index in [-0.39, 0.29) is 0 Å². The first-order valence-corrected chi connectivity index (χ1v) is 13.4. The lowest BCUT2D eigenvalue weighted by Crippen LogP contribution is -1.87. The Hall–Kier alpha value is -4.53. The molecule has 0 aliphatic carbocycles. The molecular weight excluding hydrogens is 466 g/mol. The Labute approximate surface area is 218 Å². The summed E-state index contributed by atoms with van der Waals surface area (Å²) in [5.74, 6) is 0. The van der Waals surface area contributed by atoms with Gasteiger partial charge in [-0.2, -0.15) is 0 Å². The lowest BCUT2D eigenvalue weighted by atomic mass is 9.93. The summed E-state index contributed by atoms with van der Waals surface area (Å²) in [6, 6.07) is 44.1. The fourth-order valence-corrected chi connectivity index (χ4v) is 7.02. The molecular formula is C35H21NS. The van der Waals surface area contributed by atoms with Crippen molar-refractivity contribution >= 4 is 64.0 Å². The molecule has 0 aliphatic rings. The number of rotatable bonds is 2. The van der Waals surface area contributed by atoms with Gasteiger partial charge in [0.15, 0.2) is 0 Å². The lowest BCUT2D eigenvalue weighted by molar-refractivity contribution is 1.43. The molecule has 2 heteroatoms. The van der Waals surface area contributed by atoms with Gasteiger partial charge in [0.05, 0.1) is 5.52 Å². The van der Waals surface area contributed by atoms with E-state index in [1.165, 1.54) is 69.4 Å². The Kier molecular flexibility index (Phi) is 4.46. The van der Waals surface area contributed by atoms with Crippen LogP contribution >= 0.6 is 11.3 Å². The number of pyridine rings is 1. The van der Waals surface area contributed by atoms with Gasteiger partial charge in [0.25, 0.3) is 0 Å². The van der Waals surface area contributed by atoms with E-state index >= 15 is 0 Å². The van der Waals surface area contributed by atoms with Gasteiger partial charge in [-0.25, -0.2) is 0 Å². The molecule has 172 valence electrons. The summed E-state index contributed by atoms with van der Waals surface area (Å²) < 4.78 is 2.69. The predicted molar refractivity (Wildman–Crippen MR) is 161 cm³/mol. The zero-order chi connectivity index (χ0) is 24.3. The molecule has 0 radical (unpaired) electrons. The van der Waals surface area contributed by atoms with Crippen molar-refractivity contribution in [3.05, 3.63) is 128 Å². The molecule has 0 atom stereocenters. The topological polar surface area (TPSA) is 12.9 Å². The second-order valence-corrected chi connectivity index (χ2v) is 10.6. The van der Waals surface area contributed by atoms with Gasteiger partial charge in [-0.05, 0) is 62.7 Å². The molecule has 2 heterocycles. The summed E-state index contributed by atoms with van der Waals surface area (Å²) >= 11 is 1.88. The molecule has 8 rings (SSSR count). The second-order valence-electron chi connectivity index (χ2n) is 9.57. The number of nitrogens with zero attached hydrogens (tertiary/aromatic N) is 1. The van der Waals surface area contributed by atoms with Gasteiger partial charge in [-0.1, -0.05) is 97.1 Å². The van der Waals surface area contributed by atoms with E-state index in [9.17, 15) is 0 Å². The molecule has 6 aromatic carbocycles. The minimum atomic E-state index is 1.07. The SMILES string of the molecule is c1cc(-c2ccc3c(c2)c2ccccc2c2ncccc32)cc(-c2cccc3c2sc2ccccc23)c1. The van der Waals surface area contributed by atoms with Crippen LogP contribution in [0.4, 0.5) is 0 Å². The Balaban J connectivity index is 1.34. The summed E-state index contributed by atoms with van der Waals surface area (Å²) in [5.41, 5.74) is 6.07. The number of hydrogen-bond donors (Lipinski definition) is 0. The van der Waals surface area contributed by atoms with Crippen LogP contribution in [0.3, 0.4) is 0 Å². The second kappa shape index (κ2) is 7.99. The van der Waals surface area contributed by atoms with Crippen LogP contribution in [0, 0.1) is 0 Å². The van der Waals surface area contributed by atoms with Crippen LogP contribution in [0.5, 0.6) is 0 Å². The highest BCUT2D eigenvalue weighted by Gasteiger charge is 2.13. The highest BCUT2D eigenvalue weighted by atomic mass is 32.1. The van der Waals surface area contributed by atoms with Crippen LogP contribution in [0.25, 0.3) is 74.9 Å². The monoisotopic (exact) mass is 487 g/mol. The number of aromatic nitrogens is 1. The fraction of sp³-hybridized carbons (Fsp3) is 0. The average molecular weight is 488 g/mol. The molecule has 0 saturated carbocycles. The fourth-order valence-electron chi connectivity index (χ4n) is 5.78. The number of thiophene rings is 1. The molecule has 0 saturated heterocycles. The summed E-state index contributed by atoms with van der Waals surface area (Å²) in [4.78, 5) is 4.73. The van der Waals surface area contributed by atoms with Crippen molar-refractivity contribution < 1.29 is 0 Å². The van der Waals surface area contributed by atoms with Gasteiger partial charge >= 0.3 is 0 Å². The van der Waals surface area contributed by atoms with Crippen molar-refractivity contribution in [2.75, 3.05) is 0 Å². The molecule has 0 spiro atoms. The molecule has 2 aromatic heterocycles. The summed E-state index contributed by atoms with van der Waals surface area (Å²) in [7, 11) is 0. The van der Waals surface area contributed by atoms with Gasteiger partial charge < -0.3 is 0 Å². The maximum atomic E-state index is 4.73. The third kappa shape index (κ3) is 3.13. The highest BCUT2D eigenvalue weighted by Crippen LogP contribution is 2.41. The van der Waals surface area contributed by atoms with E-state index < -0.39 is 0 Å². The minimum Gasteiger partial charge on any atom is -0.256 e. The summed E-state index contributed by atoms with van der Waals surface area (Å²) in [6.07, 6.45) is 1.89. The van der Waals surface area contributed by atoms with Crippen LogP contribution in [0.1, 0.15) is 0 Å². The standard InChI is InChI=1S/C35H21NS/c1-2-12-29-26(10-1)32-21-23(17-18-27(32)30-15-7-19-36-34(29)30)22-8-5-9-24(20-22)25-13-6-14-31-28-11-3-4-16-33(28)37-35(25)31/h1-21H. The summed E-state index contributed by atoms with van der Waals surface area (Å²) in [6.45, 7) is 0. The van der Waals surface area contributed by atoms with Crippen LogP contribution < -0.4 is 0 Å². The van der Waals surface area contributed by atoms with Crippen LogP contribution in [-0.2, 0) is 0 Å². The van der Waals surface area contributed by atoms with E-state index in [0.29, 0.717) is 0 Å². The first-order valence-electron chi connectivity index (χ1n) is 12.6. The molecule has 37 heavy (non-hydrogen) atoms. The highest BCUT2D eigenvalue weighted by molar-refractivity contribution is 7.26. The van der Waals surface area contributed by atoms with Crippen molar-refractivity contribution in [1.29, 1.82) is 0 Å². The normalized spacial score (nSPS) is 11.8. The Bertz CT molecular complexity index is 2120. The van der Waals surface area contributed by atoms with E-state index in [0.717, 1.165) is 5.52 Å².